The molecule has 0 aromatic rings. The molecule has 3 rings (SSSR count). The molecule has 3 heteroatoms. The number of allylic oxidation sites excluding steroid dienone is 8. The third-order valence-electron chi connectivity index (χ3n) is 4.08. The molecule has 0 saturated carbocycles. The molecule has 0 radical (unpaired) electrons. The van der Waals surface area contributed by atoms with Crippen LogP contribution in [0.25, 0.3) is 0 Å². The zero-order chi connectivity index (χ0) is 10.5. The van der Waals surface area contributed by atoms with E-state index in [1.54, 1.807) is 8.35 Å². The van der Waals surface area contributed by atoms with Crippen LogP contribution in [0, 0.1) is 5.92 Å². The SMILES string of the molecule is CC1=CC(C)[C]([Hf]2([C]3=CC=CC3)[CH2][CH2]2)=C1.Cl.Cl. The van der Waals surface area contributed by atoms with Gasteiger partial charge in [-0.3, -0.25) is 0 Å². The zero-order valence-corrected chi connectivity index (χ0v) is 15.6. The van der Waals surface area contributed by atoms with Crippen LogP contribution < -0.4 is 0 Å². The van der Waals surface area contributed by atoms with E-state index in [4.69, 9.17) is 0 Å². The summed E-state index contributed by atoms with van der Waals surface area (Å²) in [5, 5.41) is 0. The van der Waals surface area contributed by atoms with Crippen LogP contribution >= 0.6 is 24.8 Å². The third-order valence-corrected chi connectivity index (χ3v) is 21.3. The smallest absolute Gasteiger partial charge is 0.147 e. The second kappa shape index (κ2) is 5.59. The van der Waals surface area contributed by atoms with Gasteiger partial charge in [0.05, 0.1) is 0 Å². The Morgan fingerprint density at radius 3 is 2.35 bits per heavy atom. The van der Waals surface area contributed by atoms with E-state index in [0.29, 0.717) is 0 Å². The van der Waals surface area contributed by atoms with Crippen molar-refractivity contribution in [2.45, 2.75) is 28.6 Å². The van der Waals surface area contributed by atoms with E-state index in [0.717, 1.165) is 5.92 Å². The van der Waals surface area contributed by atoms with E-state index in [1.165, 1.54) is 12.0 Å². The molecular weight excluding hydrogens is 418 g/mol. The van der Waals surface area contributed by atoms with Crippen molar-refractivity contribution in [1.82, 2.24) is 0 Å². The standard InChI is InChI=1S/C7H9.C5H5.C2H4.2ClH.Hf/c1-6-3-4-7(2)5-6;1-2-4-5-3-1;1-2;;;/h3,5,7H,1-2H3;1-3H,4H2;1-2H2;2*1H;. The van der Waals surface area contributed by atoms with E-state index in [2.05, 4.69) is 44.2 Å². The van der Waals surface area contributed by atoms with Gasteiger partial charge >= 0.3 is 97.1 Å². The summed E-state index contributed by atoms with van der Waals surface area (Å²) in [6.45, 7) is 4.65. The quantitative estimate of drug-likeness (QED) is 0.524. The first kappa shape index (κ1) is 15.5. The van der Waals surface area contributed by atoms with Crippen molar-refractivity contribution in [3.63, 3.8) is 0 Å². The molecule has 17 heavy (non-hydrogen) atoms. The molecule has 1 heterocycles. The van der Waals surface area contributed by atoms with Crippen LogP contribution in [0.15, 0.2) is 42.6 Å². The Morgan fingerprint density at radius 1 is 1.24 bits per heavy atom. The van der Waals surface area contributed by atoms with Crippen molar-refractivity contribution in [3.05, 3.63) is 42.6 Å². The van der Waals surface area contributed by atoms with Gasteiger partial charge in [-0.25, -0.2) is 0 Å². The van der Waals surface area contributed by atoms with Crippen molar-refractivity contribution >= 4 is 24.8 Å². The Bertz CT molecular complexity index is 426. The Labute approximate surface area is 121 Å². The first-order valence-corrected chi connectivity index (χ1v) is 14.7. The summed E-state index contributed by atoms with van der Waals surface area (Å²) in [6.07, 6.45) is 13.3. The van der Waals surface area contributed by atoms with E-state index in [9.17, 15) is 0 Å². The summed E-state index contributed by atoms with van der Waals surface area (Å²) >= 11 is -2.02. The maximum Gasteiger partial charge on any atom is -0.147 e. The fourth-order valence-electron chi connectivity index (χ4n) is 3.21. The van der Waals surface area contributed by atoms with Gasteiger partial charge in [0.1, 0.15) is 0 Å². The largest absolute Gasteiger partial charge is 0.147 e. The topological polar surface area (TPSA) is 0 Å². The molecule has 0 amide bonds. The number of hydrogen-bond acceptors (Lipinski definition) is 0. The molecule has 1 fully saturated rings. The zero-order valence-electron chi connectivity index (χ0n) is 10.4. The van der Waals surface area contributed by atoms with Gasteiger partial charge < -0.3 is 0 Å². The predicted octanol–water partition coefficient (Wildman–Crippen LogP) is 5.16. The van der Waals surface area contributed by atoms with Crippen molar-refractivity contribution in [1.29, 1.82) is 0 Å². The minimum absolute atomic E-state index is 0. The van der Waals surface area contributed by atoms with Crippen molar-refractivity contribution in [3.8, 4) is 0 Å². The molecule has 1 saturated heterocycles. The number of halogens is 2. The Kier molecular flexibility index (Phi) is 5.08. The van der Waals surface area contributed by atoms with Gasteiger partial charge in [-0.2, -0.15) is 0 Å². The molecule has 1 atom stereocenters. The van der Waals surface area contributed by atoms with Crippen molar-refractivity contribution < 1.29 is 20.0 Å². The fraction of sp³-hybridized carbons (Fsp3) is 0.429. The van der Waals surface area contributed by atoms with Gasteiger partial charge in [-0.15, -0.1) is 24.8 Å². The normalized spacial score (nSPS) is 27.6. The molecular formula is C14H20Cl2Hf. The van der Waals surface area contributed by atoms with Gasteiger partial charge in [-0.1, -0.05) is 0 Å². The summed E-state index contributed by atoms with van der Waals surface area (Å²) in [7, 11) is 0. The van der Waals surface area contributed by atoms with E-state index in [1.807, 2.05) is 6.66 Å². The third kappa shape index (κ3) is 2.57. The Hall–Kier alpha value is 0.410. The molecule has 0 aromatic heterocycles. The minimum Gasteiger partial charge on any atom is -0.147 e. The summed E-state index contributed by atoms with van der Waals surface area (Å²) in [5.74, 6) is 0.760. The number of hydrogen-bond donors (Lipinski definition) is 0. The molecule has 0 bridgehead atoms. The van der Waals surface area contributed by atoms with E-state index < -0.39 is 20.0 Å². The minimum atomic E-state index is -2.02. The van der Waals surface area contributed by atoms with Crippen LogP contribution in [0.4, 0.5) is 0 Å². The molecule has 0 N–H and O–H groups in total. The van der Waals surface area contributed by atoms with Crippen LogP contribution in [-0.2, 0) is 20.0 Å². The Balaban J connectivity index is 0.000000722. The molecule has 94 valence electrons. The maximum atomic E-state index is 2.53. The van der Waals surface area contributed by atoms with Gasteiger partial charge in [-0.05, 0) is 0 Å². The second-order valence-corrected chi connectivity index (χ2v) is 21.0. The van der Waals surface area contributed by atoms with Crippen molar-refractivity contribution in [2.75, 3.05) is 0 Å². The summed E-state index contributed by atoms with van der Waals surface area (Å²) in [5.41, 5.74) is 1.51. The Morgan fingerprint density at radius 2 is 1.94 bits per heavy atom. The van der Waals surface area contributed by atoms with E-state index >= 15 is 0 Å². The number of rotatable bonds is 2. The molecule has 0 spiro atoms. The van der Waals surface area contributed by atoms with E-state index in [-0.39, 0.29) is 24.8 Å². The molecule has 0 aromatic carbocycles. The molecule has 3 aliphatic rings. The maximum absolute atomic E-state index is 2.53. The van der Waals surface area contributed by atoms with Gasteiger partial charge in [0, 0.05) is 0 Å². The monoisotopic (exact) mass is 438 g/mol. The first-order valence-electron chi connectivity index (χ1n) is 5.99. The summed E-state index contributed by atoms with van der Waals surface area (Å²) in [4.78, 5) is 0. The van der Waals surface area contributed by atoms with Crippen LogP contribution in [-0.4, -0.2) is 0 Å². The van der Waals surface area contributed by atoms with Crippen LogP contribution in [0.2, 0.25) is 8.35 Å². The average Bonchev–Trinajstić information content (AvgIpc) is 2.68. The summed E-state index contributed by atoms with van der Waals surface area (Å²) in [6, 6.07) is 0. The fourth-order valence-corrected chi connectivity index (χ4v) is 25.7. The van der Waals surface area contributed by atoms with Crippen molar-refractivity contribution in [2.24, 2.45) is 5.92 Å². The van der Waals surface area contributed by atoms with Crippen LogP contribution in [0.1, 0.15) is 20.3 Å². The average molecular weight is 438 g/mol. The first-order chi connectivity index (χ1) is 7.22. The van der Waals surface area contributed by atoms with Gasteiger partial charge in [0.25, 0.3) is 0 Å². The van der Waals surface area contributed by atoms with Crippen LogP contribution in [0.3, 0.4) is 0 Å². The molecule has 1 unspecified atom stereocenters. The second-order valence-electron chi connectivity index (χ2n) is 5.21. The molecule has 1 aliphatic heterocycles. The molecule has 2 aliphatic carbocycles. The summed E-state index contributed by atoms with van der Waals surface area (Å²) < 4.78 is 6.97. The predicted molar refractivity (Wildman–Crippen MR) is 77.0 cm³/mol. The van der Waals surface area contributed by atoms with Crippen LogP contribution in [0.5, 0.6) is 0 Å². The van der Waals surface area contributed by atoms with Gasteiger partial charge in [0.15, 0.2) is 0 Å². The molecule has 0 nitrogen and oxygen atoms in total. The van der Waals surface area contributed by atoms with Gasteiger partial charge in [0.2, 0.25) is 0 Å².